The number of sulfonamides is 1. The molecule has 0 spiro atoms. The van der Waals surface area contributed by atoms with Crippen molar-refractivity contribution in [3.8, 4) is 5.75 Å². The van der Waals surface area contributed by atoms with Gasteiger partial charge in [0.1, 0.15) is 5.75 Å². The van der Waals surface area contributed by atoms with Crippen LogP contribution in [0.5, 0.6) is 5.75 Å². The predicted molar refractivity (Wildman–Crippen MR) is 114 cm³/mol. The van der Waals surface area contributed by atoms with Crippen LogP contribution in [-0.4, -0.2) is 26.6 Å². The van der Waals surface area contributed by atoms with Crippen LogP contribution in [0.1, 0.15) is 16.8 Å². The van der Waals surface area contributed by atoms with Gasteiger partial charge in [0.2, 0.25) is 11.8 Å². The smallest absolute Gasteiger partial charge is 0.264 e. The van der Waals surface area contributed by atoms with Crippen molar-refractivity contribution in [1.82, 2.24) is 5.16 Å². The number of carbonyl (C=O) groups is 1. The maximum absolute atomic E-state index is 12.5. The molecule has 1 heterocycles. The highest BCUT2D eigenvalue weighted by Gasteiger charge is 2.19. The molecule has 0 aliphatic carbocycles. The highest BCUT2D eigenvalue weighted by molar-refractivity contribution is 7.92. The molecule has 0 bridgehead atoms. The summed E-state index contributed by atoms with van der Waals surface area (Å²) in [4.78, 5) is 12.1. The van der Waals surface area contributed by atoms with Crippen LogP contribution in [0.2, 0.25) is 0 Å². The summed E-state index contributed by atoms with van der Waals surface area (Å²) in [5.41, 5.74) is 2.53. The maximum Gasteiger partial charge on any atom is 0.264 e. The van der Waals surface area contributed by atoms with Gasteiger partial charge in [-0.15, -0.1) is 0 Å². The molecule has 0 fully saturated rings. The molecule has 8 nitrogen and oxygen atoms in total. The molecular weight excluding hydrogens is 406 g/mol. The minimum atomic E-state index is -3.84. The molecule has 0 saturated carbocycles. The van der Waals surface area contributed by atoms with Crippen LogP contribution < -0.4 is 14.8 Å². The van der Waals surface area contributed by atoms with E-state index in [0.717, 1.165) is 11.3 Å². The molecule has 0 radical (unpaired) electrons. The fourth-order valence-electron chi connectivity index (χ4n) is 2.48. The standard InChI is InChI=1S/C21H21N3O5S/c1-14-15(2)23-29-21(14)24-30(26,27)19-11-7-17(8-12-19)22-20(25)13-6-16-4-9-18(28-3)10-5-16/h4-13,24H,1-3H3,(H,22,25). The number of hydrogen-bond donors (Lipinski definition) is 2. The zero-order chi connectivity index (χ0) is 21.7. The van der Waals surface area contributed by atoms with Crippen LogP contribution in [0.15, 0.2) is 64.0 Å². The molecule has 1 amide bonds. The first-order valence-corrected chi connectivity index (χ1v) is 10.5. The molecular formula is C21H21N3O5S. The normalized spacial score (nSPS) is 11.4. The number of benzene rings is 2. The van der Waals surface area contributed by atoms with E-state index >= 15 is 0 Å². The summed E-state index contributed by atoms with van der Waals surface area (Å²) in [5.74, 6) is 0.468. The van der Waals surface area contributed by atoms with Gasteiger partial charge < -0.3 is 14.6 Å². The number of nitrogens with one attached hydrogen (secondary N) is 2. The SMILES string of the molecule is COc1ccc(C=CC(=O)Nc2ccc(S(=O)(=O)Nc3onc(C)c3C)cc2)cc1. The summed E-state index contributed by atoms with van der Waals surface area (Å²) in [5, 5.41) is 6.41. The van der Waals surface area contributed by atoms with Gasteiger partial charge in [0, 0.05) is 17.3 Å². The Hall–Kier alpha value is -3.59. The zero-order valence-electron chi connectivity index (χ0n) is 16.7. The van der Waals surface area contributed by atoms with E-state index in [0.29, 0.717) is 16.9 Å². The largest absolute Gasteiger partial charge is 0.497 e. The van der Waals surface area contributed by atoms with Crippen molar-refractivity contribution in [3.63, 3.8) is 0 Å². The molecule has 156 valence electrons. The van der Waals surface area contributed by atoms with E-state index in [1.165, 1.54) is 30.3 Å². The molecule has 30 heavy (non-hydrogen) atoms. The summed E-state index contributed by atoms with van der Waals surface area (Å²) in [6.45, 7) is 3.43. The number of aryl methyl sites for hydroxylation is 1. The molecule has 1 aromatic heterocycles. The van der Waals surface area contributed by atoms with Gasteiger partial charge in [-0.05, 0) is 61.9 Å². The van der Waals surface area contributed by atoms with E-state index in [4.69, 9.17) is 9.26 Å². The lowest BCUT2D eigenvalue weighted by Gasteiger charge is -2.07. The highest BCUT2D eigenvalue weighted by Crippen LogP contribution is 2.22. The first-order chi connectivity index (χ1) is 14.3. The average Bonchev–Trinajstić information content (AvgIpc) is 3.04. The quantitative estimate of drug-likeness (QED) is 0.556. The van der Waals surface area contributed by atoms with Crippen LogP contribution in [0.25, 0.3) is 6.08 Å². The maximum atomic E-state index is 12.5. The second kappa shape index (κ2) is 8.83. The molecule has 0 aliphatic rings. The summed E-state index contributed by atoms with van der Waals surface area (Å²) >= 11 is 0. The van der Waals surface area contributed by atoms with Crippen molar-refractivity contribution in [2.24, 2.45) is 0 Å². The number of aromatic nitrogens is 1. The molecule has 0 unspecified atom stereocenters. The summed E-state index contributed by atoms with van der Waals surface area (Å²) in [6, 6.07) is 13.0. The van der Waals surface area contributed by atoms with Crippen LogP contribution in [0.4, 0.5) is 11.6 Å². The second-order valence-corrected chi connectivity index (χ2v) is 8.13. The van der Waals surface area contributed by atoms with Crippen molar-refractivity contribution in [3.05, 3.63) is 71.4 Å². The van der Waals surface area contributed by atoms with Gasteiger partial charge >= 0.3 is 0 Å². The molecule has 2 aromatic carbocycles. The number of rotatable bonds is 7. The fourth-order valence-corrected chi connectivity index (χ4v) is 3.53. The van der Waals surface area contributed by atoms with E-state index < -0.39 is 10.0 Å². The Morgan fingerprint density at radius 3 is 2.30 bits per heavy atom. The third kappa shape index (κ3) is 5.06. The Morgan fingerprint density at radius 2 is 1.73 bits per heavy atom. The van der Waals surface area contributed by atoms with Crippen LogP contribution in [0.3, 0.4) is 0 Å². The van der Waals surface area contributed by atoms with Gasteiger partial charge in [-0.1, -0.05) is 17.3 Å². The monoisotopic (exact) mass is 427 g/mol. The summed E-state index contributed by atoms with van der Waals surface area (Å²) in [6.07, 6.45) is 3.06. The summed E-state index contributed by atoms with van der Waals surface area (Å²) in [7, 11) is -2.26. The van der Waals surface area contributed by atoms with E-state index in [-0.39, 0.29) is 16.7 Å². The molecule has 3 rings (SSSR count). The van der Waals surface area contributed by atoms with Crippen LogP contribution in [-0.2, 0) is 14.8 Å². The molecule has 0 aliphatic heterocycles. The molecule has 0 atom stereocenters. The Bertz CT molecular complexity index is 1160. The number of carbonyl (C=O) groups excluding carboxylic acids is 1. The number of nitrogens with zero attached hydrogens (tertiary/aromatic N) is 1. The predicted octanol–water partition coefficient (Wildman–Crippen LogP) is 3.75. The number of ether oxygens (including phenoxy) is 1. The van der Waals surface area contributed by atoms with Gasteiger partial charge in [-0.2, -0.15) is 0 Å². The number of amides is 1. The van der Waals surface area contributed by atoms with Crippen LogP contribution >= 0.6 is 0 Å². The first-order valence-electron chi connectivity index (χ1n) is 8.97. The van der Waals surface area contributed by atoms with Crippen molar-refractivity contribution >= 4 is 33.6 Å². The lowest BCUT2D eigenvalue weighted by Crippen LogP contribution is -2.13. The van der Waals surface area contributed by atoms with Gasteiger partial charge in [0.25, 0.3) is 10.0 Å². The third-order valence-corrected chi connectivity index (χ3v) is 5.71. The topological polar surface area (TPSA) is 111 Å². The van der Waals surface area contributed by atoms with Crippen molar-refractivity contribution in [2.45, 2.75) is 18.7 Å². The number of hydrogen-bond acceptors (Lipinski definition) is 6. The number of anilines is 2. The highest BCUT2D eigenvalue weighted by atomic mass is 32.2. The lowest BCUT2D eigenvalue weighted by atomic mass is 10.2. The van der Waals surface area contributed by atoms with Crippen molar-refractivity contribution in [1.29, 1.82) is 0 Å². The molecule has 3 aromatic rings. The van der Waals surface area contributed by atoms with E-state index in [1.807, 2.05) is 12.1 Å². The average molecular weight is 427 g/mol. The van der Waals surface area contributed by atoms with E-state index in [1.54, 1.807) is 39.2 Å². The lowest BCUT2D eigenvalue weighted by molar-refractivity contribution is -0.111. The Morgan fingerprint density at radius 1 is 1.07 bits per heavy atom. The van der Waals surface area contributed by atoms with E-state index in [2.05, 4.69) is 15.2 Å². The Labute approximate surface area is 174 Å². The fraction of sp³-hybridized carbons (Fsp3) is 0.143. The third-order valence-electron chi connectivity index (χ3n) is 4.36. The van der Waals surface area contributed by atoms with Gasteiger partial charge in [0.15, 0.2) is 0 Å². The van der Waals surface area contributed by atoms with Crippen molar-refractivity contribution < 1.29 is 22.5 Å². The molecule has 0 saturated heterocycles. The zero-order valence-corrected chi connectivity index (χ0v) is 17.5. The van der Waals surface area contributed by atoms with E-state index in [9.17, 15) is 13.2 Å². The van der Waals surface area contributed by atoms with Crippen molar-refractivity contribution in [2.75, 3.05) is 17.1 Å². The van der Waals surface area contributed by atoms with Gasteiger partial charge in [-0.3, -0.25) is 4.79 Å². The van der Waals surface area contributed by atoms with Crippen LogP contribution in [0, 0.1) is 13.8 Å². The Balaban J connectivity index is 1.63. The minimum Gasteiger partial charge on any atom is -0.497 e. The Kier molecular flexibility index (Phi) is 6.22. The van der Waals surface area contributed by atoms with Gasteiger partial charge in [-0.25, -0.2) is 13.1 Å². The minimum absolute atomic E-state index is 0.0303. The molecule has 9 heteroatoms. The molecule has 2 N–H and O–H groups in total. The first kappa shape index (κ1) is 21.1. The van der Waals surface area contributed by atoms with Gasteiger partial charge in [0.05, 0.1) is 17.7 Å². The number of methoxy groups -OCH3 is 1. The summed E-state index contributed by atoms with van der Waals surface area (Å²) < 4.78 is 37.4. The second-order valence-electron chi connectivity index (χ2n) is 6.45.